The molecule has 1 atom stereocenters. The average Bonchev–Trinajstić information content (AvgIpc) is 3.16. The monoisotopic (exact) mass is 812 g/mol. The minimum Gasteiger partial charge on any atom is -0.508 e. The highest BCUT2D eigenvalue weighted by Gasteiger charge is 2.12. The number of phenols is 4. The number of hydrogen-bond acceptors (Lipinski definition) is 13. The maximum atomic E-state index is 10.8. The first-order valence-corrected chi connectivity index (χ1v) is 16.6. The van der Waals surface area contributed by atoms with E-state index in [0.717, 1.165) is 23.5 Å². The first-order chi connectivity index (χ1) is 26.5. The number of allylic oxidation sites excluding steroid dienone is 1. The molecule has 57 heavy (non-hydrogen) atoms. The summed E-state index contributed by atoms with van der Waals surface area (Å²) in [5, 5.41) is 54.9. The van der Waals surface area contributed by atoms with Crippen LogP contribution in [0, 0.1) is 6.92 Å². The predicted octanol–water partition coefficient (Wildman–Crippen LogP) is 7.98. The summed E-state index contributed by atoms with van der Waals surface area (Å²) in [6.07, 6.45) is 5.55. The van der Waals surface area contributed by atoms with Gasteiger partial charge in [-0.2, -0.15) is 0 Å². The van der Waals surface area contributed by atoms with E-state index in [9.17, 15) is 44.0 Å². The highest BCUT2D eigenvalue weighted by atomic mass is 32.1. The number of benzene rings is 4. The van der Waals surface area contributed by atoms with E-state index in [-0.39, 0.29) is 59.8 Å². The number of carboxylic acids is 1. The van der Waals surface area contributed by atoms with E-state index in [2.05, 4.69) is 12.2 Å². The molecule has 1 unspecified atom stereocenters. The fraction of sp³-hybridized carbons (Fsp3) is 0.214. The zero-order valence-electron chi connectivity index (χ0n) is 31.5. The molecule has 0 bridgehead atoms. The number of phenolic OH excluding ortho intramolecular Hbond substituents is 4. The largest absolute Gasteiger partial charge is 0.508 e. The topological polar surface area (TPSA) is 217 Å². The Morgan fingerprint density at radius 1 is 0.702 bits per heavy atom. The molecule has 0 radical (unpaired) electrons. The van der Waals surface area contributed by atoms with Gasteiger partial charge in [-0.3, -0.25) is 14.4 Å². The van der Waals surface area contributed by atoms with Crippen molar-refractivity contribution < 1.29 is 68.4 Å². The van der Waals surface area contributed by atoms with Crippen LogP contribution in [-0.2, 0) is 14.4 Å². The van der Waals surface area contributed by atoms with Crippen molar-refractivity contribution >= 4 is 53.8 Å². The molecule has 6 N–H and O–H groups in total. The third-order valence-electron chi connectivity index (χ3n) is 6.76. The summed E-state index contributed by atoms with van der Waals surface area (Å²) in [5.74, 6) is 0.237. The van der Waals surface area contributed by atoms with Crippen LogP contribution in [0.4, 0.5) is 4.39 Å². The minimum absolute atomic E-state index is 0. The normalized spacial score (nSPS) is 10.2. The lowest BCUT2D eigenvalue weighted by Crippen LogP contribution is -2.03. The van der Waals surface area contributed by atoms with Gasteiger partial charge in [0.15, 0.2) is 40.3 Å². The van der Waals surface area contributed by atoms with Crippen molar-refractivity contribution in [1.29, 1.82) is 0 Å². The predicted molar refractivity (Wildman–Crippen MR) is 220 cm³/mol. The van der Waals surface area contributed by atoms with Crippen LogP contribution >= 0.6 is 12.2 Å². The Morgan fingerprint density at radius 3 is 1.49 bits per heavy atom. The molecule has 0 saturated heterocycles. The van der Waals surface area contributed by atoms with Crippen molar-refractivity contribution in [3.63, 3.8) is 0 Å². The van der Waals surface area contributed by atoms with E-state index in [4.69, 9.17) is 24.4 Å². The van der Waals surface area contributed by atoms with E-state index < -0.39 is 12.1 Å². The van der Waals surface area contributed by atoms with Gasteiger partial charge < -0.3 is 44.8 Å². The number of rotatable bonds is 11. The van der Waals surface area contributed by atoms with Gasteiger partial charge >= 0.3 is 5.97 Å². The third-order valence-corrected chi connectivity index (χ3v) is 6.76. The van der Waals surface area contributed by atoms with Crippen molar-refractivity contribution in [1.82, 2.24) is 0 Å². The summed E-state index contributed by atoms with van der Waals surface area (Å²) < 4.78 is 24.7. The second-order valence-corrected chi connectivity index (χ2v) is 11.3. The highest BCUT2D eigenvalue weighted by Crippen LogP contribution is 2.30. The standard InChI is InChI=1S/C11H14O4.C11H12O3.C10H10O4.C8H8O2.CHFS.CH4/c1-7(12)5-10(14)8-3-4-9(13)11(6-8)15-2;1-8(12)3-4-9-5-6-10(13)11(7-9)14-2;1-14-9-6-7(2-4-8(9)11)3-5-10(12)13;1-6-4-7(5-9)2-3-8(6)10;2-1-3;/h3-4,6,10,13-14H,5H2,1-2H3;3-7,13H,1-2H3;2-6,11H,1H3,(H,12,13);2-5,10H,1H3;1H;1H4/b;4-3+;5-3+;;;. The lowest BCUT2D eigenvalue weighted by Gasteiger charge is -2.11. The number of hydrogen-bond donors (Lipinski definition) is 6. The van der Waals surface area contributed by atoms with Crippen LogP contribution in [0.25, 0.3) is 12.2 Å². The Labute approximate surface area is 336 Å². The number of methoxy groups -OCH3 is 3. The number of aryl methyl sites for hydroxylation is 1. The van der Waals surface area contributed by atoms with Crippen molar-refractivity contribution in [2.45, 2.75) is 40.7 Å². The second kappa shape index (κ2) is 28.8. The number of carbonyl (C=O) groups excluding carboxylic acids is 3. The third kappa shape index (κ3) is 21.8. The van der Waals surface area contributed by atoms with Gasteiger partial charge in [-0.15, -0.1) is 0 Å². The Bertz CT molecular complexity index is 1890. The number of carbonyl (C=O) groups is 4. The Hall–Kier alpha value is -6.58. The molecule has 4 rings (SSSR count). The first kappa shape index (κ1) is 52.5. The number of thiocarbonyl (C=S) groups is 1. The zero-order valence-corrected chi connectivity index (χ0v) is 32.3. The summed E-state index contributed by atoms with van der Waals surface area (Å²) in [4.78, 5) is 41.9. The SMILES string of the molecule is C.COc1cc(/C=C/C(=O)O)ccc1O.COc1cc(/C=C/C(C)=O)ccc1O.COc1cc(C(O)CC(C)=O)ccc1O.Cc1cc(C=O)ccc1O.FC=S. The fourth-order valence-electron chi connectivity index (χ4n) is 4.02. The smallest absolute Gasteiger partial charge is 0.328 e. The molecule has 308 valence electrons. The first-order valence-electron chi connectivity index (χ1n) is 16.1. The Kier molecular flexibility index (Phi) is 26.5. The van der Waals surface area contributed by atoms with E-state index in [1.807, 2.05) is 0 Å². The van der Waals surface area contributed by atoms with Gasteiger partial charge in [0.05, 0.1) is 27.4 Å². The minimum atomic E-state index is -1.02. The highest BCUT2D eigenvalue weighted by molar-refractivity contribution is 7.78. The number of aliphatic carboxylic acids is 1. The lowest BCUT2D eigenvalue weighted by atomic mass is 10.0. The summed E-state index contributed by atoms with van der Waals surface area (Å²) in [5.41, 5.74) is 3.43. The number of Topliss-reactive ketones (excluding diaryl/α,β-unsaturated/α-hetero) is 1. The van der Waals surface area contributed by atoms with E-state index in [1.165, 1.54) is 77.7 Å². The molecule has 0 saturated carbocycles. The number of halogens is 1. The number of carboxylic acid groups (broad SMARTS) is 1. The molecule has 0 aliphatic heterocycles. The molecule has 4 aromatic carbocycles. The molecule has 0 heterocycles. The molecule has 15 heteroatoms. The number of aliphatic hydroxyl groups is 1. The number of aromatic hydroxyl groups is 4. The summed E-state index contributed by atoms with van der Waals surface area (Å²) in [6.45, 7) is 4.65. The van der Waals surface area contributed by atoms with Gasteiger partial charge in [-0.05, 0) is 110 Å². The van der Waals surface area contributed by atoms with Crippen molar-refractivity contribution in [2.24, 2.45) is 0 Å². The maximum Gasteiger partial charge on any atom is 0.328 e. The van der Waals surface area contributed by atoms with Crippen LogP contribution in [0.2, 0.25) is 0 Å². The van der Waals surface area contributed by atoms with Crippen LogP contribution in [-0.4, -0.2) is 81.4 Å². The van der Waals surface area contributed by atoms with Gasteiger partial charge in [0.25, 0.3) is 0 Å². The molecule has 4 aromatic rings. The molecular formula is C42H49FO13S. The van der Waals surface area contributed by atoms with Crippen molar-refractivity contribution in [3.05, 3.63) is 113 Å². The van der Waals surface area contributed by atoms with E-state index >= 15 is 0 Å². The van der Waals surface area contributed by atoms with Gasteiger partial charge in [0.1, 0.15) is 23.4 Å². The fourth-order valence-corrected chi connectivity index (χ4v) is 4.02. The number of aldehydes is 1. The molecule has 0 aliphatic rings. The second-order valence-electron chi connectivity index (χ2n) is 11.1. The Morgan fingerprint density at radius 2 is 1.11 bits per heavy atom. The van der Waals surface area contributed by atoms with E-state index in [0.29, 0.717) is 28.2 Å². The van der Waals surface area contributed by atoms with Crippen molar-refractivity contribution in [2.75, 3.05) is 21.3 Å². The quantitative estimate of drug-likeness (QED) is 0.0366. The Balaban J connectivity index is 0. The number of ether oxygens (including phenoxy) is 3. The molecular weight excluding hydrogens is 764 g/mol. The number of ketones is 2. The molecule has 0 spiro atoms. The van der Waals surface area contributed by atoms with Gasteiger partial charge in [-0.25, -0.2) is 9.18 Å². The van der Waals surface area contributed by atoms with Crippen molar-refractivity contribution in [3.8, 4) is 40.2 Å². The molecule has 0 aromatic heterocycles. The van der Waals surface area contributed by atoms with Crippen LogP contribution in [0.5, 0.6) is 40.2 Å². The molecule has 0 fully saturated rings. The molecule has 0 aliphatic carbocycles. The van der Waals surface area contributed by atoms with Gasteiger partial charge in [-0.1, -0.05) is 43.9 Å². The van der Waals surface area contributed by atoms with Crippen LogP contribution < -0.4 is 14.2 Å². The van der Waals surface area contributed by atoms with E-state index in [1.54, 1.807) is 55.5 Å². The summed E-state index contributed by atoms with van der Waals surface area (Å²) in [6, 6.07) is 18.7. The maximum absolute atomic E-state index is 10.8. The van der Waals surface area contributed by atoms with Gasteiger partial charge in [0.2, 0.25) is 0 Å². The molecule has 0 amide bonds. The number of aliphatic hydroxyl groups excluding tert-OH is 1. The van der Waals surface area contributed by atoms with Crippen LogP contribution in [0.3, 0.4) is 0 Å². The molecule has 13 nitrogen and oxygen atoms in total. The summed E-state index contributed by atoms with van der Waals surface area (Å²) >= 11 is 3.60. The van der Waals surface area contributed by atoms with Crippen LogP contribution in [0.1, 0.15) is 66.4 Å². The zero-order chi connectivity index (χ0) is 42.8. The van der Waals surface area contributed by atoms with Crippen LogP contribution in [0.15, 0.2) is 84.9 Å². The summed E-state index contributed by atoms with van der Waals surface area (Å²) in [7, 11) is 4.34. The average molecular weight is 813 g/mol. The van der Waals surface area contributed by atoms with Gasteiger partial charge in [0, 0.05) is 18.1 Å². The lowest BCUT2D eigenvalue weighted by molar-refractivity contribution is -0.131.